The van der Waals surface area contributed by atoms with E-state index in [1.54, 1.807) is 26.4 Å². The Balaban J connectivity index is 1.83. The molecule has 0 bridgehead atoms. The van der Waals surface area contributed by atoms with Crippen LogP contribution in [0.4, 0.5) is 0 Å². The Morgan fingerprint density at radius 1 is 1.15 bits per heavy atom. The van der Waals surface area contributed by atoms with E-state index in [9.17, 15) is 4.79 Å². The van der Waals surface area contributed by atoms with Gasteiger partial charge in [0.05, 0.1) is 31.8 Å². The summed E-state index contributed by atoms with van der Waals surface area (Å²) < 4.78 is 12.8. The van der Waals surface area contributed by atoms with Crippen molar-refractivity contribution < 1.29 is 14.3 Å². The summed E-state index contributed by atoms with van der Waals surface area (Å²) in [6, 6.07) is 11.4. The molecular formula is C20H23N3O3. The molecule has 0 spiro atoms. The van der Waals surface area contributed by atoms with Crippen molar-refractivity contribution in [2.24, 2.45) is 0 Å². The van der Waals surface area contributed by atoms with Crippen LogP contribution in [-0.2, 0) is 13.1 Å². The molecule has 6 heteroatoms. The highest BCUT2D eigenvalue weighted by molar-refractivity contribution is 5.95. The van der Waals surface area contributed by atoms with Crippen molar-refractivity contribution in [3.63, 3.8) is 0 Å². The predicted molar refractivity (Wildman–Crippen MR) is 101 cm³/mol. The number of amides is 1. The fraction of sp³-hybridized carbons (Fsp3) is 0.300. The Bertz CT molecular complexity index is 922. The van der Waals surface area contributed by atoms with Gasteiger partial charge in [-0.25, -0.2) is 4.98 Å². The molecule has 0 aliphatic heterocycles. The Hall–Kier alpha value is -3.02. The van der Waals surface area contributed by atoms with Crippen LogP contribution in [-0.4, -0.2) is 29.7 Å². The second-order valence-electron chi connectivity index (χ2n) is 5.95. The van der Waals surface area contributed by atoms with Crippen molar-refractivity contribution in [1.29, 1.82) is 0 Å². The van der Waals surface area contributed by atoms with E-state index >= 15 is 0 Å². The average Bonchev–Trinajstić information content (AvgIpc) is 3.03. The van der Waals surface area contributed by atoms with Gasteiger partial charge >= 0.3 is 0 Å². The van der Waals surface area contributed by atoms with Gasteiger partial charge in [0, 0.05) is 17.7 Å². The van der Waals surface area contributed by atoms with E-state index < -0.39 is 0 Å². The first-order valence-electron chi connectivity index (χ1n) is 8.54. The van der Waals surface area contributed by atoms with Gasteiger partial charge in [-0.05, 0) is 38.1 Å². The number of benzene rings is 2. The summed E-state index contributed by atoms with van der Waals surface area (Å²) in [5, 5.41) is 2.94. The number of carbonyl (C=O) groups is 1. The number of hydrogen-bond acceptors (Lipinski definition) is 4. The number of ether oxygens (including phenoxy) is 2. The molecular weight excluding hydrogens is 330 g/mol. The lowest BCUT2D eigenvalue weighted by Gasteiger charge is -2.13. The topological polar surface area (TPSA) is 65.4 Å². The molecule has 1 N–H and O–H groups in total. The maximum atomic E-state index is 12.6. The van der Waals surface area contributed by atoms with Crippen LogP contribution >= 0.6 is 0 Å². The van der Waals surface area contributed by atoms with Gasteiger partial charge in [-0.2, -0.15) is 0 Å². The summed E-state index contributed by atoms with van der Waals surface area (Å²) in [5.41, 5.74) is 3.35. The summed E-state index contributed by atoms with van der Waals surface area (Å²) in [6.07, 6.45) is 0. The van der Waals surface area contributed by atoms with Crippen LogP contribution in [0.25, 0.3) is 11.0 Å². The maximum Gasteiger partial charge on any atom is 0.251 e. The van der Waals surface area contributed by atoms with Crippen LogP contribution in [0.2, 0.25) is 0 Å². The standard InChI is InChI=1S/C20H23N3O3/c1-5-23-16-9-7-6-8-15(16)22-19(23)12-21-20(24)14-10-17(25-3)13(2)18(11-14)26-4/h6-11H,5,12H2,1-4H3,(H,21,24). The molecule has 136 valence electrons. The van der Waals surface area contributed by atoms with Crippen LogP contribution in [0.5, 0.6) is 11.5 Å². The number of fused-ring (bicyclic) bond motifs is 1. The molecule has 0 fully saturated rings. The predicted octanol–water partition coefficient (Wildman–Crippen LogP) is 3.31. The summed E-state index contributed by atoms with van der Waals surface area (Å²) in [6.45, 7) is 5.09. The quantitative estimate of drug-likeness (QED) is 0.738. The number of nitrogens with zero attached hydrogens (tertiary/aromatic N) is 2. The third-order valence-corrected chi connectivity index (χ3v) is 4.47. The Morgan fingerprint density at radius 2 is 1.81 bits per heavy atom. The molecule has 2 aromatic carbocycles. The smallest absolute Gasteiger partial charge is 0.251 e. The van der Waals surface area contributed by atoms with E-state index in [0.717, 1.165) is 29.0 Å². The van der Waals surface area contributed by atoms with E-state index in [1.807, 2.05) is 31.2 Å². The number of aryl methyl sites for hydroxylation is 1. The average molecular weight is 353 g/mol. The molecule has 3 aromatic rings. The minimum Gasteiger partial charge on any atom is -0.496 e. The second kappa shape index (κ2) is 7.47. The number of nitrogens with one attached hydrogen (secondary N) is 1. The maximum absolute atomic E-state index is 12.6. The van der Waals surface area contributed by atoms with Crippen molar-refractivity contribution >= 4 is 16.9 Å². The highest BCUT2D eigenvalue weighted by atomic mass is 16.5. The molecule has 0 unspecified atom stereocenters. The first-order chi connectivity index (χ1) is 12.6. The minimum atomic E-state index is -0.198. The van der Waals surface area contributed by atoms with Gasteiger partial charge in [-0.1, -0.05) is 12.1 Å². The molecule has 0 radical (unpaired) electrons. The summed E-state index contributed by atoms with van der Waals surface area (Å²) in [7, 11) is 3.15. The number of methoxy groups -OCH3 is 2. The van der Waals surface area contributed by atoms with E-state index in [4.69, 9.17) is 9.47 Å². The van der Waals surface area contributed by atoms with Crippen LogP contribution in [0, 0.1) is 6.92 Å². The molecule has 1 amide bonds. The molecule has 3 rings (SSSR count). The molecule has 6 nitrogen and oxygen atoms in total. The van der Waals surface area contributed by atoms with Crippen LogP contribution in [0.15, 0.2) is 36.4 Å². The van der Waals surface area contributed by atoms with E-state index in [-0.39, 0.29) is 5.91 Å². The van der Waals surface area contributed by atoms with E-state index in [0.29, 0.717) is 23.6 Å². The molecule has 0 atom stereocenters. The lowest BCUT2D eigenvalue weighted by atomic mass is 10.1. The van der Waals surface area contributed by atoms with Crippen molar-refractivity contribution in [2.75, 3.05) is 14.2 Å². The lowest BCUT2D eigenvalue weighted by Crippen LogP contribution is -2.24. The highest BCUT2D eigenvalue weighted by Crippen LogP contribution is 2.29. The van der Waals surface area contributed by atoms with Gasteiger partial charge in [0.1, 0.15) is 17.3 Å². The molecule has 26 heavy (non-hydrogen) atoms. The first kappa shape index (κ1) is 17.8. The molecule has 0 saturated carbocycles. The summed E-state index contributed by atoms with van der Waals surface area (Å²) in [4.78, 5) is 17.3. The molecule has 0 aliphatic carbocycles. The van der Waals surface area contributed by atoms with Crippen molar-refractivity contribution in [2.45, 2.75) is 26.9 Å². The lowest BCUT2D eigenvalue weighted by molar-refractivity contribution is 0.0949. The van der Waals surface area contributed by atoms with Crippen molar-refractivity contribution in [3.8, 4) is 11.5 Å². The zero-order valence-electron chi connectivity index (χ0n) is 15.5. The number of para-hydroxylation sites is 2. The van der Waals surface area contributed by atoms with Crippen molar-refractivity contribution in [1.82, 2.24) is 14.9 Å². The van der Waals surface area contributed by atoms with E-state index in [1.165, 1.54) is 0 Å². The molecule has 0 aliphatic rings. The monoisotopic (exact) mass is 353 g/mol. The fourth-order valence-corrected chi connectivity index (χ4v) is 3.09. The summed E-state index contributed by atoms with van der Waals surface area (Å²) >= 11 is 0. The Morgan fingerprint density at radius 3 is 2.42 bits per heavy atom. The number of rotatable bonds is 6. The van der Waals surface area contributed by atoms with Gasteiger partial charge in [-0.3, -0.25) is 4.79 Å². The third kappa shape index (κ3) is 3.22. The minimum absolute atomic E-state index is 0.198. The fourth-order valence-electron chi connectivity index (χ4n) is 3.09. The van der Waals surface area contributed by atoms with Crippen LogP contribution < -0.4 is 14.8 Å². The second-order valence-corrected chi connectivity index (χ2v) is 5.95. The SMILES string of the molecule is CCn1c(CNC(=O)c2cc(OC)c(C)c(OC)c2)nc2ccccc21. The zero-order valence-corrected chi connectivity index (χ0v) is 15.5. The number of imidazole rings is 1. The third-order valence-electron chi connectivity index (χ3n) is 4.47. The molecule has 1 heterocycles. The Labute approximate surface area is 152 Å². The van der Waals surface area contributed by atoms with Crippen molar-refractivity contribution in [3.05, 3.63) is 53.3 Å². The molecule has 0 saturated heterocycles. The van der Waals surface area contributed by atoms with Gasteiger partial charge in [-0.15, -0.1) is 0 Å². The number of aromatic nitrogens is 2. The largest absolute Gasteiger partial charge is 0.496 e. The van der Waals surface area contributed by atoms with Crippen LogP contribution in [0.1, 0.15) is 28.7 Å². The first-order valence-corrected chi connectivity index (χ1v) is 8.54. The highest BCUT2D eigenvalue weighted by Gasteiger charge is 2.15. The zero-order chi connectivity index (χ0) is 18.7. The van der Waals surface area contributed by atoms with Gasteiger partial charge < -0.3 is 19.4 Å². The normalized spacial score (nSPS) is 10.8. The summed E-state index contributed by atoms with van der Waals surface area (Å²) in [5.74, 6) is 1.87. The number of hydrogen-bond donors (Lipinski definition) is 1. The van der Waals surface area contributed by atoms with Gasteiger partial charge in [0.15, 0.2) is 0 Å². The number of carbonyl (C=O) groups excluding carboxylic acids is 1. The van der Waals surface area contributed by atoms with Gasteiger partial charge in [0.25, 0.3) is 5.91 Å². The van der Waals surface area contributed by atoms with E-state index in [2.05, 4.69) is 21.8 Å². The Kier molecular flexibility index (Phi) is 5.11. The van der Waals surface area contributed by atoms with Crippen LogP contribution in [0.3, 0.4) is 0 Å². The van der Waals surface area contributed by atoms with Gasteiger partial charge in [0.2, 0.25) is 0 Å². The molecule has 1 aromatic heterocycles.